The van der Waals surface area contributed by atoms with E-state index >= 15 is 0 Å². The van der Waals surface area contributed by atoms with Gasteiger partial charge in [0.2, 0.25) is 5.91 Å². The van der Waals surface area contributed by atoms with Crippen LogP contribution in [0, 0.1) is 0 Å². The molecular formula is C12H14BrF2N3O. The molecule has 0 unspecified atom stereocenters. The van der Waals surface area contributed by atoms with E-state index in [1.54, 1.807) is 0 Å². The number of carbonyl (C=O) groups excluding carboxylic acids is 1. The van der Waals surface area contributed by atoms with Crippen LogP contribution in [0.1, 0.15) is 49.4 Å². The van der Waals surface area contributed by atoms with Gasteiger partial charge < -0.3 is 5.32 Å². The summed E-state index contributed by atoms with van der Waals surface area (Å²) in [5.74, 6) is 0.100. The van der Waals surface area contributed by atoms with Crippen LogP contribution in [0.4, 0.5) is 8.78 Å². The first-order chi connectivity index (χ1) is 9.06. The molecule has 0 aromatic carbocycles. The van der Waals surface area contributed by atoms with E-state index in [1.807, 2.05) is 0 Å². The van der Waals surface area contributed by atoms with Crippen LogP contribution in [0.3, 0.4) is 0 Å². The van der Waals surface area contributed by atoms with Gasteiger partial charge in [-0.05, 0) is 41.6 Å². The lowest BCUT2D eigenvalue weighted by Gasteiger charge is -2.07. The molecule has 1 heterocycles. The molecule has 19 heavy (non-hydrogen) atoms. The van der Waals surface area contributed by atoms with Gasteiger partial charge in [0.1, 0.15) is 12.2 Å². The third kappa shape index (κ3) is 2.80. The molecule has 2 aliphatic carbocycles. The predicted molar refractivity (Wildman–Crippen MR) is 68.0 cm³/mol. The smallest absolute Gasteiger partial charge is 0.283 e. The van der Waals surface area contributed by atoms with E-state index < -0.39 is 6.43 Å². The SMILES string of the molecule is O=C(Cn1nc(C(F)F)c(Br)c1C1CC1)NC1CC1. The van der Waals surface area contributed by atoms with Gasteiger partial charge in [-0.15, -0.1) is 0 Å². The van der Waals surface area contributed by atoms with Gasteiger partial charge in [-0.25, -0.2) is 8.78 Å². The molecule has 1 N–H and O–H groups in total. The van der Waals surface area contributed by atoms with Crippen molar-refractivity contribution in [3.05, 3.63) is 15.9 Å². The van der Waals surface area contributed by atoms with Crippen molar-refractivity contribution < 1.29 is 13.6 Å². The van der Waals surface area contributed by atoms with E-state index in [9.17, 15) is 13.6 Å². The second-order valence-electron chi connectivity index (χ2n) is 5.16. The summed E-state index contributed by atoms with van der Waals surface area (Å²) in [6.45, 7) is 0.0215. The molecule has 0 radical (unpaired) electrons. The lowest BCUT2D eigenvalue weighted by atomic mass is 10.2. The first-order valence-corrected chi connectivity index (χ1v) is 7.19. The van der Waals surface area contributed by atoms with Crippen molar-refractivity contribution in [1.29, 1.82) is 0 Å². The largest absolute Gasteiger partial charge is 0.352 e. The number of amides is 1. The topological polar surface area (TPSA) is 46.9 Å². The molecular weight excluding hydrogens is 320 g/mol. The van der Waals surface area contributed by atoms with Crippen molar-refractivity contribution in [2.24, 2.45) is 0 Å². The molecule has 1 aromatic rings. The maximum atomic E-state index is 12.9. The minimum absolute atomic E-state index is 0.0215. The second-order valence-corrected chi connectivity index (χ2v) is 5.95. The van der Waals surface area contributed by atoms with Gasteiger partial charge >= 0.3 is 0 Å². The third-order valence-electron chi connectivity index (χ3n) is 3.36. The summed E-state index contributed by atoms with van der Waals surface area (Å²) in [6, 6.07) is 0.269. The fraction of sp³-hybridized carbons (Fsp3) is 0.667. The summed E-state index contributed by atoms with van der Waals surface area (Å²) >= 11 is 3.20. The van der Waals surface area contributed by atoms with Crippen molar-refractivity contribution in [3.63, 3.8) is 0 Å². The molecule has 1 aromatic heterocycles. The number of nitrogens with zero attached hydrogens (tertiary/aromatic N) is 2. The fourth-order valence-electron chi connectivity index (χ4n) is 2.12. The number of alkyl halides is 2. The second kappa shape index (κ2) is 4.85. The Bertz CT molecular complexity index is 509. The van der Waals surface area contributed by atoms with Crippen LogP contribution >= 0.6 is 15.9 Å². The minimum atomic E-state index is -2.63. The Kier molecular flexibility index (Phi) is 3.32. The fourth-order valence-corrected chi connectivity index (χ4v) is 2.90. The van der Waals surface area contributed by atoms with Gasteiger partial charge in [0.05, 0.1) is 10.2 Å². The van der Waals surface area contributed by atoms with Crippen molar-refractivity contribution in [2.45, 2.75) is 50.6 Å². The van der Waals surface area contributed by atoms with E-state index in [1.165, 1.54) is 4.68 Å². The van der Waals surface area contributed by atoms with Crippen LogP contribution in [0.5, 0.6) is 0 Å². The highest BCUT2D eigenvalue weighted by molar-refractivity contribution is 9.10. The van der Waals surface area contributed by atoms with Crippen molar-refractivity contribution in [1.82, 2.24) is 15.1 Å². The molecule has 2 saturated carbocycles. The lowest BCUT2D eigenvalue weighted by Crippen LogP contribution is -2.30. The highest BCUT2D eigenvalue weighted by atomic mass is 79.9. The van der Waals surface area contributed by atoms with E-state index in [2.05, 4.69) is 26.3 Å². The minimum Gasteiger partial charge on any atom is -0.352 e. The summed E-state index contributed by atoms with van der Waals surface area (Å²) < 4.78 is 27.5. The molecule has 0 bridgehead atoms. The molecule has 0 aliphatic heterocycles. The third-order valence-corrected chi connectivity index (χ3v) is 4.18. The van der Waals surface area contributed by atoms with Crippen LogP contribution in [0.2, 0.25) is 0 Å². The molecule has 1 amide bonds. The zero-order valence-corrected chi connectivity index (χ0v) is 11.8. The Morgan fingerprint density at radius 1 is 1.42 bits per heavy atom. The molecule has 0 saturated heterocycles. The van der Waals surface area contributed by atoms with Gasteiger partial charge in [-0.3, -0.25) is 9.48 Å². The zero-order valence-electron chi connectivity index (χ0n) is 10.2. The van der Waals surface area contributed by atoms with Crippen molar-refractivity contribution in [3.8, 4) is 0 Å². The zero-order chi connectivity index (χ0) is 13.6. The average Bonchev–Trinajstić information content (AvgIpc) is 3.21. The van der Waals surface area contributed by atoms with Crippen LogP contribution in [-0.4, -0.2) is 21.7 Å². The van der Waals surface area contributed by atoms with Gasteiger partial charge in [0.25, 0.3) is 6.43 Å². The molecule has 3 rings (SSSR count). The number of rotatable bonds is 5. The Balaban J connectivity index is 1.81. The van der Waals surface area contributed by atoms with E-state index in [0.29, 0.717) is 4.47 Å². The molecule has 2 fully saturated rings. The molecule has 104 valence electrons. The lowest BCUT2D eigenvalue weighted by molar-refractivity contribution is -0.122. The average molecular weight is 334 g/mol. The molecule has 0 spiro atoms. The van der Waals surface area contributed by atoms with Gasteiger partial charge in [-0.1, -0.05) is 0 Å². The number of nitrogens with one attached hydrogen (secondary N) is 1. The van der Waals surface area contributed by atoms with Crippen LogP contribution < -0.4 is 5.32 Å². The molecule has 7 heteroatoms. The van der Waals surface area contributed by atoms with Gasteiger partial charge in [0, 0.05) is 12.0 Å². The molecule has 2 aliphatic rings. The predicted octanol–water partition coefficient (Wildman–Crippen LogP) is 2.74. The quantitative estimate of drug-likeness (QED) is 0.900. The number of hydrogen-bond donors (Lipinski definition) is 1. The summed E-state index contributed by atoms with van der Waals surface area (Å²) in [6.07, 6.45) is 1.33. The summed E-state index contributed by atoms with van der Waals surface area (Å²) in [4.78, 5) is 11.8. The number of halogens is 3. The molecule has 4 nitrogen and oxygen atoms in total. The maximum absolute atomic E-state index is 12.9. The van der Waals surface area contributed by atoms with Gasteiger partial charge in [0.15, 0.2) is 0 Å². The van der Waals surface area contributed by atoms with E-state index in [-0.39, 0.29) is 30.1 Å². The van der Waals surface area contributed by atoms with Crippen LogP contribution in [-0.2, 0) is 11.3 Å². The first kappa shape index (κ1) is 13.0. The highest BCUT2D eigenvalue weighted by Crippen LogP contribution is 2.45. The number of aromatic nitrogens is 2. The van der Waals surface area contributed by atoms with Crippen molar-refractivity contribution in [2.75, 3.05) is 0 Å². The van der Waals surface area contributed by atoms with Crippen molar-refractivity contribution >= 4 is 21.8 Å². The standard InChI is InChI=1S/C12H14BrF2N3O/c13-9-10(12(14)15)17-18(11(9)6-1-2-6)5-8(19)16-7-3-4-7/h6-7,12H,1-5H2,(H,16,19). The van der Waals surface area contributed by atoms with E-state index in [4.69, 9.17) is 0 Å². The van der Waals surface area contributed by atoms with Crippen LogP contribution in [0.15, 0.2) is 4.47 Å². The molecule has 0 atom stereocenters. The van der Waals surface area contributed by atoms with Crippen LogP contribution in [0.25, 0.3) is 0 Å². The first-order valence-electron chi connectivity index (χ1n) is 6.40. The van der Waals surface area contributed by atoms with E-state index in [0.717, 1.165) is 31.4 Å². The maximum Gasteiger partial charge on any atom is 0.283 e. The Morgan fingerprint density at radius 3 is 2.63 bits per heavy atom. The Morgan fingerprint density at radius 2 is 2.11 bits per heavy atom. The summed E-state index contributed by atoms with van der Waals surface area (Å²) in [5.41, 5.74) is 0.474. The Hall–Kier alpha value is -0.980. The van der Waals surface area contributed by atoms with Gasteiger partial charge in [-0.2, -0.15) is 5.10 Å². The Labute approximate surface area is 117 Å². The number of carbonyl (C=O) groups is 1. The highest BCUT2D eigenvalue weighted by Gasteiger charge is 2.34. The summed E-state index contributed by atoms with van der Waals surface area (Å²) in [7, 11) is 0. The monoisotopic (exact) mass is 333 g/mol. The normalized spacial score (nSPS) is 18.9. The number of hydrogen-bond acceptors (Lipinski definition) is 2. The summed E-state index contributed by atoms with van der Waals surface area (Å²) in [5, 5.41) is 6.74.